The van der Waals surface area contributed by atoms with Crippen LogP contribution in [0.2, 0.25) is 0 Å². The molecule has 192 valence electrons. The third-order valence-corrected chi connectivity index (χ3v) is 7.38. The molecule has 2 saturated heterocycles. The average Bonchev–Trinajstić information content (AvgIpc) is 3.18. The molecule has 0 aliphatic carbocycles. The minimum atomic E-state index is -0.226. The maximum atomic E-state index is 13.0. The van der Waals surface area contributed by atoms with E-state index in [0.29, 0.717) is 28.7 Å². The molecule has 0 bridgehead atoms. The number of amides is 2. The van der Waals surface area contributed by atoms with Gasteiger partial charge in [0.1, 0.15) is 0 Å². The Kier molecular flexibility index (Phi) is 6.35. The summed E-state index contributed by atoms with van der Waals surface area (Å²) in [5, 5.41) is 0.919. The summed E-state index contributed by atoms with van der Waals surface area (Å²) in [6, 6.07) is 17.2. The fourth-order valence-corrected chi connectivity index (χ4v) is 5.20. The van der Waals surface area contributed by atoms with Gasteiger partial charge in [-0.3, -0.25) is 24.2 Å². The SMILES string of the molecule is CC(=O)N1/C(=C\c2ccc3cc(/C=C/C(=O)N4CCN(C5COC5)CC4)ccc3n2)C(=O)c2ccccc21. The number of para-hydroxylation sites is 1. The van der Waals surface area contributed by atoms with Gasteiger partial charge in [0.05, 0.1) is 41.9 Å². The van der Waals surface area contributed by atoms with Gasteiger partial charge in [0.25, 0.3) is 0 Å². The van der Waals surface area contributed by atoms with Crippen molar-refractivity contribution in [1.82, 2.24) is 14.8 Å². The first-order valence-corrected chi connectivity index (χ1v) is 12.8. The zero-order valence-electron chi connectivity index (χ0n) is 21.2. The van der Waals surface area contributed by atoms with Crippen molar-refractivity contribution in [1.29, 1.82) is 0 Å². The van der Waals surface area contributed by atoms with E-state index < -0.39 is 0 Å². The number of benzene rings is 2. The van der Waals surface area contributed by atoms with Crippen LogP contribution in [0.4, 0.5) is 5.69 Å². The third-order valence-electron chi connectivity index (χ3n) is 7.38. The highest BCUT2D eigenvalue weighted by molar-refractivity contribution is 6.26. The van der Waals surface area contributed by atoms with Crippen LogP contribution in [0.5, 0.6) is 0 Å². The predicted molar refractivity (Wildman–Crippen MR) is 145 cm³/mol. The smallest absolute Gasteiger partial charge is 0.246 e. The fourth-order valence-electron chi connectivity index (χ4n) is 5.20. The van der Waals surface area contributed by atoms with Gasteiger partial charge in [-0.05, 0) is 48.0 Å². The van der Waals surface area contributed by atoms with Crippen molar-refractivity contribution in [3.05, 3.63) is 83.2 Å². The minimum Gasteiger partial charge on any atom is -0.378 e. The summed E-state index contributed by atoms with van der Waals surface area (Å²) >= 11 is 0. The fraction of sp³-hybridized carbons (Fsp3) is 0.267. The molecule has 6 rings (SSSR count). The van der Waals surface area contributed by atoms with Crippen molar-refractivity contribution in [2.45, 2.75) is 13.0 Å². The largest absolute Gasteiger partial charge is 0.378 e. The van der Waals surface area contributed by atoms with Gasteiger partial charge >= 0.3 is 0 Å². The number of pyridine rings is 1. The molecule has 0 atom stereocenters. The second-order valence-electron chi connectivity index (χ2n) is 9.80. The van der Waals surface area contributed by atoms with E-state index >= 15 is 0 Å². The second-order valence-corrected chi connectivity index (χ2v) is 9.80. The molecule has 0 saturated carbocycles. The Balaban J connectivity index is 1.16. The van der Waals surface area contributed by atoms with Crippen LogP contribution in [0, 0.1) is 0 Å². The third kappa shape index (κ3) is 4.53. The van der Waals surface area contributed by atoms with Crippen molar-refractivity contribution >= 4 is 46.3 Å². The summed E-state index contributed by atoms with van der Waals surface area (Å²) in [7, 11) is 0. The first kappa shape index (κ1) is 24.2. The number of ketones is 1. The number of Topliss-reactive ketones (excluding diaryl/α,β-unsaturated/α-hetero) is 1. The lowest BCUT2D eigenvalue weighted by atomic mass is 10.1. The summed E-state index contributed by atoms with van der Waals surface area (Å²) in [5.41, 5.74) is 3.66. The quantitative estimate of drug-likeness (QED) is 0.503. The predicted octanol–water partition coefficient (Wildman–Crippen LogP) is 3.38. The standard InChI is InChI=1S/C30H28N4O4/c1-20(35)34-27-5-3-2-4-25(27)30(37)28(34)17-23-9-8-22-16-21(6-10-26(22)31-23)7-11-29(36)33-14-12-32(13-15-33)24-18-38-19-24/h2-11,16-17,24H,12-15,18-19H2,1H3/b11-7+,28-17-. The number of carbonyl (C=O) groups excluding carboxylic acids is 3. The van der Waals surface area contributed by atoms with E-state index in [9.17, 15) is 14.4 Å². The number of fused-ring (bicyclic) bond motifs is 2. The Bertz CT molecular complexity index is 1500. The molecule has 0 N–H and O–H groups in total. The number of piperazine rings is 1. The van der Waals surface area contributed by atoms with Crippen molar-refractivity contribution in [3.8, 4) is 0 Å². The van der Waals surface area contributed by atoms with E-state index in [1.54, 1.807) is 30.4 Å². The number of hydrogen-bond donors (Lipinski definition) is 0. The van der Waals surface area contributed by atoms with Crippen molar-refractivity contribution in [2.24, 2.45) is 0 Å². The summed E-state index contributed by atoms with van der Waals surface area (Å²) < 4.78 is 5.28. The number of nitrogens with zero attached hydrogens (tertiary/aromatic N) is 4. The van der Waals surface area contributed by atoms with Gasteiger partial charge in [-0.15, -0.1) is 0 Å². The Morgan fingerprint density at radius 1 is 1.00 bits per heavy atom. The Labute approximate surface area is 220 Å². The number of aromatic nitrogens is 1. The summed E-state index contributed by atoms with van der Waals surface area (Å²) in [5.74, 6) is -0.399. The number of carbonyl (C=O) groups is 3. The summed E-state index contributed by atoms with van der Waals surface area (Å²) in [6.45, 7) is 6.27. The Morgan fingerprint density at radius 3 is 2.53 bits per heavy atom. The lowest BCUT2D eigenvalue weighted by molar-refractivity contribution is -0.130. The molecule has 0 spiro atoms. The van der Waals surface area contributed by atoms with Gasteiger partial charge in [0.15, 0.2) is 0 Å². The molecule has 4 heterocycles. The first-order valence-electron chi connectivity index (χ1n) is 12.8. The summed E-state index contributed by atoms with van der Waals surface area (Å²) in [4.78, 5) is 48.5. The highest BCUT2D eigenvalue weighted by Crippen LogP contribution is 2.35. The van der Waals surface area contributed by atoms with E-state index in [-0.39, 0.29) is 17.6 Å². The molecule has 3 aromatic rings. The van der Waals surface area contributed by atoms with Gasteiger partial charge < -0.3 is 9.64 Å². The molecule has 38 heavy (non-hydrogen) atoms. The van der Waals surface area contributed by atoms with Crippen LogP contribution in [0.25, 0.3) is 23.1 Å². The molecule has 1 aromatic heterocycles. The number of hydrogen-bond acceptors (Lipinski definition) is 6. The van der Waals surface area contributed by atoms with Gasteiger partial charge in [-0.2, -0.15) is 0 Å². The van der Waals surface area contributed by atoms with Gasteiger partial charge in [-0.1, -0.05) is 24.3 Å². The minimum absolute atomic E-state index is 0.0203. The van der Waals surface area contributed by atoms with E-state index in [0.717, 1.165) is 55.9 Å². The topological polar surface area (TPSA) is 83.1 Å². The highest BCUT2D eigenvalue weighted by Gasteiger charge is 2.34. The number of allylic oxidation sites excluding steroid dienone is 1. The molecule has 0 unspecified atom stereocenters. The van der Waals surface area contributed by atoms with Crippen LogP contribution in [0.3, 0.4) is 0 Å². The molecule has 0 radical (unpaired) electrons. The van der Waals surface area contributed by atoms with Gasteiger partial charge in [-0.25, -0.2) is 4.98 Å². The van der Waals surface area contributed by atoms with Crippen molar-refractivity contribution < 1.29 is 19.1 Å². The van der Waals surface area contributed by atoms with E-state index in [4.69, 9.17) is 9.72 Å². The zero-order chi connectivity index (χ0) is 26.2. The molecule has 3 aliphatic rings. The lowest BCUT2D eigenvalue weighted by Crippen LogP contribution is -2.57. The van der Waals surface area contributed by atoms with Crippen LogP contribution in [0.15, 0.2) is 66.4 Å². The molecular weight excluding hydrogens is 480 g/mol. The molecule has 2 aromatic carbocycles. The zero-order valence-corrected chi connectivity index (χ0v) is 21.2. The Hall–Kier alpha value is -4.14. The summed E-state index contributed by atoms with van der Waals surface area (Å²) in [6.07, 6.45) is 5.13. The van der Waals surface area contributed by atoms with Crippen LogP contribution in [-0.2, 0) is 14.3 Å². The maximum absolute atomic E-state index is 13.0. The van der Waals surface area contributed by atoms with Crippen molar-refractivity contribution in [3.63, 3.8) is 0 Å². The van der Waals surface area contributed by atoms with E-state index in [1.807, 2.05) is 47.4 Å². The highest BCUT2D eigenvalue weighted by atomic mass is 16.5. The molecule has 2 fully saturated rings. The second kappa shape index (κ2) is 9.96. The number of anilines is 1. The molecule has 8 nitrogen and oxygen atoms in total. The first-order chi connectivity index (χ1) is 18.5. The van der Waals surface area contributed by atoms with Crippen molar-refractivity contribution in [2.75, 3.05) is 44.3 Å². The van der Waals surface area contributed by atoms with Crippen LogP contribution in [-0.4, -0.2) is 77.8 Å². The van der Waals surface area contributed by atoms with Gasteiger partial charge in [0, 0.05) is 50.1 Å². The molecule has 8 heteroatoms. The van der Waals surface area contributed by atoms with E-state index in [2.05, 4.69) is 4.90 Å². The van der Waals surface area contributed by atoms with Crippen LogP contribution in [0.1, 0.15) is 28.5 Å². The molecule has 3 aliphatic heterocycles. The lowest BCUT2D eigenvalue weighted by Gasteiger charge is -2.42. The number of rotatable bonds is 4. The van der Waals surface area contributed by atoms with E-state index in [1.165, 1.54) is 11.8 Å². The van der Waals surface area contributed by atoms with Crippen LogP contribution >= 0.6 is 0 Å². The van der Waals surface area contributed by atoms with Crippen LogP contribution < -0.4 is 4.90 Å². The molecule has 2 amide bonds. The average molecular weight is 509 g/mol. The normalized spacial score (nSPS) is 19.4. The van der Waals surface area contributed by atoms with Gasteiger partial charge in [0.2, 0.25) is 17.6 Å². The number of ether oxygens (including phenoxy) is 1. The molecular formula is C30H28N4O4. The maximum Gasteiger partial charge on any atom is 0.246 e. The Morgan fingerprint density at radius 2 is 1.79 bits per heavy atom. The monoisotopic (exact) mass is 508 g/mol.